The van der Waals surface area contributed by atoms with E-state index in [1.807, 2.05) is 6.92 Å². The number of carbonyl (C=O) groups is 1. The summed E-state index contributed by atoms with van der Waals surface area (Å²) in [4.78, 5) is 19.4. The number of rotatable bonds is 3. The van der Waals surface area contributed by atoms with E-state index in [0.29, 0.717) is 12.4 Å². The molecule has 0 aromatic carbocycles. The van der Waals surface area contributed by atoms with Crippen LogP contribution in [0.2, 0.25) is 0 Å². The quantitative estimate of drug-likeness (QED) is 0.798. The predicted molar refractivity (Wildman–Crippen MR) is 59.1 cm³/mol. The van der Waals surface area contributed by atoms with E-state index in [-0.39, 0.29) is 5.82 Å². The smallest absolute Gasteiger partial charge is 0.378 e. The van der Waals surface area contributed by atoms with Crippen LogP contribution in [-0.2, 0) is 4.74 Å². The van der Waals surface area contributed by atoms with Gasteiger partial charge < -0.3 is 4.74 Å². The third-order valence-corrected chi connectivity index (χ3v) is 2.19. The lowest BCUT2D eigenvalue weighted by atomic mass is 10.5. The SMILES string of the molecule is CCCOC(=O)c1nc2ncc(Br)cn2n1. The van der Waals surface area contributed by atoms with Gasteiger partial charge in [-0.2, -0.15) is 4.98 Å². The van der Waals surface area contributed by atoms with Crippen molar-refractivity contribution in [3.63, 3.8) is 0 Å². The second kappa shape index (κ2) is 4.56. The second-order valence-corrected chi connectivity index (χ2v) is 4.00. The van der Waals surface area contributed by atoms with Gasteiger partial charge in [-0.25, -0.2) is 14.3 Å². The van der Waals surface area contributed by atoms with Gasteiger partial charge in [0.25, 0.3) is 11.6 Å². The minimum Gasteiger partial charge on any atom is -0.460 e. The number of ether oxygens (including phenoxy) is 1. The van der Waals surface area contributed by atoms with E-state index in [0.717, 1.165) is 10.9 Å². The standard InChI is InChI=1S/C9H9BrN4O2/c1-2-3-16-8(15)7-12-9-11-4-6(10)5-14(9)13-7/h4-5H,2-3H2,1H3. The van der Waals surface area contributed by atoms with Crippen molar-refractivity contribution in [3.05, 3.63) is 22.7 Å². The van der Waals surface area contributed by atoms with Crippen LogP contribution in [0.25, 0.3) is 5.78 Å². The van der Waals surface area contributed by atoms with E-state index >= 15 is 0 Å². The lowest BCUT2D eigenvalue weighted by Crippen LogP contribution is -2.08. The minimum atomic E-state index is -0.525. The first kappa shape index (κ1) is 11.0. The lowest BCUT2D eigenvalue weighted by molar-refractivity contribution is 0.0491. The van der Waals surface area contributed by atoms with Gasteiger partial charge in [0.05, 0.1) is 11.1 Å². The maximum Gasteiger partial charge on any atom is 0.378 e. The van der Waals surface area contributed by atoms with Crippen LogP contribution in [0.3, 0.4) is 0 Å². The van der Waals surface area contributed by atoms with Gasteiger partial charge in [0, 0.05) is 12.4 Å². The Kier molecular flexibility index (Phi) is 3.14. The molecule has 0 saturated carbocycles. The number of hydrogen-bond donors (Lipinski definition) is 0. The van der Waals surface area contributed by atoms with Crippen molar-refractivity contribution in [2.75, 3.05) is 6.61 Å². The van der Waals surface area contributed by atoms with Gasteiger partial charge >= 0.3 is 5.97 Å². The Morgan fingerprint density at radius 3 is 3.19 bits per heavy atom. The molecule has 7 heteroatoms. The van der Waals surface area contributed by atoms with Crippen LogP contribution >= 0.6 is 15.9 Å². The molecule has 2 aromatic heterocycles. The monoisotopic (exact) mass is 284 g/mol. The summed E-state index contributed by atoms with van der Waals surface area (Å²) in [7, 11) is 0. The van der Waals surface area contributed by atoms with Gasteiger partial charge in [-0.15, -0.1) is 5.10 Å². The van der Waals surface area contributed by atoms with Crippen LogP contribution < -0.4 is 0 Å². The molecule has 0 spiro atoms. The Bertz CT molecular complexity index is 525. The summed E-state index contributed by atoms with van der Waals surface area (Å²) in [5.41, 5.74) is 0. The van der Waals surface area contributed by atoms with Crippen molar-refractivity contribution >= 4 is 27.7 Å². The molecular weight excluding hydrogens is 276 g/mol. The van der Waals surface area contributed by atoms with Gasteiger partial charge in [0.2, 0.25) is 0 Å². The molecule has 0 N–H and O–H groups in total. The highest BCUT2D eigenvalue weighted by molar-refractivity contribution is 9.10. The molecule has 2 heterocycles. The maximum absolute atomic E-state index is 11.5. The van der Waals surface area contributed by atoms with E-state index in [2.05, 4.69) is 31.0 Å². The first-order valence-electron chi connectivity index (χ1n) is 4.75. The van der Waals surface area contributed by atoms with Gasteiger partial charge in [0.15, 0.2) is 0 Å². The fraction of sp³-hybridized carbons (Fsp3) is 0.333. The highest BCUT2D eigenvalue weighted by Gasteiger charge is 2.14. The average molecular weight is 285 g/mol. The predicted octanol–water partition coefficient (Wildman–Crippen LogP) is 1.45. The Morgan fingerprint density at radius 2 is 2.44 bits per heavy atom. The zero-order valence-electron chi connectivity index (χ0n) is 8.55. The minimum absolute atomic E-state index is 0.0269. The topological polar surface area (TPSA) is 69.4 Å². The van der Waals surface area contributed by atoms with Crippen LogP contribution in [-0.4, -0.2) is 32.2 Å². The summed E-state index contributed by atoms with van der Waals surface area (Å²) in [6.07, 6.45) is 4.03. The van der Waals surface area contributed by atoms with Gasteiger partial charge in [0.1, 0.15) is 0 Å². The molecule has 0 radical (unpaired) electrons. The van der Waals surface area contributed by atoms with Crippen LogP contribution in [0, 0.1) is 0 Å². The highest BCUT2D eigenvalue weighted by atomic mass is 79.9. The molecule has 2 aromatic rings. The summed E-state index contributed by atoms with van der Waals surface area (Å²) in [6, 6.07) is 0. The van der Waals surface area contributed by atoms with Crippen molar-refractivity contribution < 1.29 is 9.53 Å². The summed E-state index contributed by atoms with van der Waals surface area (Å²) in [5.74, 6) is -0.130. The molecule has 0 amide bonds. The van der Waals surface area contributed by atoms with E-state index in [1.54, 1.807) is 12.4 Å². The Balaban J connectivity index is 2.28. The van der Waals surface area contributed by atoms with Crippen LogP contribution in [0.1, 0.15) is 24.0 Å². The highest BCUT2D eigenvalue weighted by Crippen LogP contribution is 2.08. The molecule has 2 rings (SSSR count). The number of nitrogens with zero attached hydrogens (tertiary/aromatic N) is 4. The molecular formula is C9H9BrN4O2. The molecule has 0 aliphatic rings. The lowest BCUT2D eigenvalue weighted by Gasteiger charge is -1.96. The molecule has 0 saturated heterocycles. The van der Waals surface area contributed by atoms with E-state index in [4.69, 9.17) is 4.74 Å². The third-order valence-electron chi connectivity index (χ3n) is 1.78. The maximum atomic E-state index is 11.5. The molecule has 0 aliphatic heterocycles. The number of carbonyl (C=O) groups excluding carboxylic acids is 1. The normalized spacial score (nSPS) is 10.6. The number of halogens is 1. The van der Waals surface area contributed by atoms with Gasteiger partial charge in [-0.05, 0) is 22.4 Å². The molecule has 0 fully saturated rings. The molecule has 84 valence electrons. The van der Waals surface area contributed by atoms with Gasteiger partial charge in [-0.3, -0.25) is 0 Å². The van der Waals surface area contributed by atoms with Crippen LogP contribution in [0.5, 0.6) is 0 Å². The van der Waals surface area contributed by atoms with Crippen molar-refractivity contribution in [1.82, 2.24) is 19.6 Å². The molecule has 0 bridgehead atoms. The molecule has 0 aliphatic carbocycles. The number of fused-ring (bicyclic) bond motifs is 1. The first-order chi connectivity index (χ1) is 7.70. The first-order valence-corrected chi connectivity index (χ1v) is 5.55. The second-order valence-electron chi connectivity index (χ2n) is 3.09. The number of esters is 1. The molecule has 16 heavy (non-hydrogen) atoms. The molecule has 0 unspecified atom stereocenters. The zero-order valence-corrected chi connectivity index (χ0v) is 10.1. The number of aromatic nitrogens is 4. The Morgan fingerprint density at radius 1 is 1.62 bits per heavy atom. The fourth-order valence-corrected chi connectivity index (χ4v) is 1.40. The summed E-state index contributed by atoms with van der Waals surface area (Å²) in [5, 5.41) is 3.96. The van der Waals surface area contributed by atoms with E-state index in [9.17, 15) is 4.79 Å². The zero-order chi connectivity index (χ0) is 11.5. The van der Waals surface area contributed by atoms with E-state index < -0.39 is 5.97 Å². The van der Waals surface area contributed by atoms with Crippen LogP contribution in [0.15, 0.2) is 16.9 Å². The summed E-state index contributed by atoms with van der Waals surface area (Å²) >= 11 is 3.25. The average Bonchev–Trinajstić information content (AvgIpc) is 2.68. The largest absolute Gasteiger partial charge is 0.460 e. The Labute approximate surface area is 99.8 Å². The van der Waals surface area contributed by atoms with Crippen molar-refractivity contribution in [2.24, 2.45) is 0 Å². The van der Waals surface area contributed by atoms with Crippen molar-refractivity contribution in [2.45, 2.75) is 13.3 Å². The summed E-state index contributed by atoms with van der Waals surface area (Å²) in [6.45, 7) is 2.29. The molecule has 6 nitrogen and oxygen atoms in total. The molecule has 0 atom stereocenters. The van der Waals surface area contributed by atoms with Crippen molar-refractivity contribution in [3.8, 4) is 0 Å². The van der Waals surface area contributed by atoms with E-state index in [1.165, 1.54) is 4.52 Å². The number of hydrogen-bond acceptors (Lipinski definition) is 5. The van der Waals surface area contributed by atoms with Crippen LogP contribution in [0.4, 0.5) is 0 Å². The summed E-state index contributed by atoms with van der Waals surface area (Å²) < 4.78 is 7.11. The third kappa shape index (κ3) is 2.19. The Hall–Kier alpha value is -1.50. The van der Waals surface area contributed by atoms with Gasteiger partial charge in [-0.1, -0.05) is 6.92 Å². The fourth-order valence-electron chi connectivity index (χ4n) is 1.11. The van der Waals surface area contributed by atoms with Crippen molar-refractivity contribution in [1.29, 1.82) is 0 Å².